The molecule has 0 atom stereocenters. The molecule has 0 radical (unpaired) electrons. The second-order valence-corrected chi connectivity index (χ2v) is 31.7. The average Bonchev–Trinajstić information content (AvgIpc) is 1.56. The van der Waals surface area contributed by atoms with Crippen molar-refractivity contribution in [2.24, 2.45) is 0 Å². The van der Waals surface area contributed by atoms with Crippen LogP contribution in [0.1, 0.15) is 0 Å². The van der Waals surface area contributed by atoms with Crippen LogP contribution in [0.15, 0.2) is 450 Å². The third kappa shape index (κ3) is 10.8. The molecule has 0 aliphatic carbocycles. The fourth-order valence-electron chi connectivity index (χ4n) is 19.7. The minimum atomic E-state index is 0.908. The van der Waals surface area contributed by atoms with Gasteiger partial charge in [-0.15, -0.1) is 0 Å². The predicted octanol–water partition coefficient (Wildman–Crippen LogP) is 30.9. The van der Waals surface area contributed by atoms with Crippen molar-refractivity contribution in [1.29, 1.82) is 0 Å². The van der Waals surface area contributed by atoms with Gasteiger partial charge in [0.05, 0.1) is 49.7 Å². The second-order valence-electron chi connectivity index (χ2n) is 31.7. The molecule has 0 unspecified atom stereocenters. The molecule has 0 fully saturated rings. The van der Waals surface area contributed by atoms with E-state index in [-0.39, 0.29) is 0 Å². The van der Waals surface area contributed by atoms with Crippen LogP contribution in [0.4, 0.5) is 0 Å². The van der Waals surface area contributed by atoms with Gasteiger partial charge in [-0.3, -0.25) is 0 Å². The normalized spacial score (nSPS) is 11.9. The van der Waals surface area contributed by atoms with Crippen molar-refractivity contribution in [1.82, 2.24) is 27.4 Å². The Morgan fingerprint density at radius 3 is 0.789 bits per heavy atom. The molecule has 0 spiro atoms. The van der Waals surface area contributed by atoms with E-state index in [4.69, 9.17) is 13.3 Å². The number of hydrogen-bond donors (Lipinski definition) is 0. The van der Waals surface area contributed by atoms with Gasteiger partial charge in [-0.2, -0.15) is 0 Å². The summed E-state index contributed by atoms with van der Waals surface area (Å²) in [7, 11) is 0. The molecule has 18 aromatic carbocycles. The lowest BCUT2D eigenvalue weighted by Gasteiger charge is -2.12. The van der Waals surface area contributed by atoms with E-state index >= 15 is 0 Å². The van der Waals surface area contributed by atoms with Crippen LogP contribution < -0.4 is 0 Å². The quantitative estimate of drug-likeness (QED) is 0.145. The van der Waals surface area contributed by atoms with Gasteiger partial charge in [0.1, 0.15) is 33.3 Å². The minimum Gasteiger partial charge on any atom is -0.453 e. The van der Waals surface area contributed by atoms with Gasteiger partial charge < -0.3 is 40.7 Å². The zero-order valence-electron chi connectivity index (χ0n) is 66.5. The van der Waals surface area contributed by atoms with Crippen LogP contribution in [0.25, 0.3) is 232 Å². The highest BCUT2D eigenvalue weighted by Gasteiger charge is 2.28. The van der Waals surface area contributed by atoms with Crippen LogP contribution in [-0.2, 0) is 0 Å². The van der Waals surface area contributed by atoms with Gasteiger partial charge in [-0.1, -0.05) is 273 Å². The molecule has 0 aliphatic heterocycles. The average molecular weight is 1570 g/mol. The number of para-hydroxylation sites is 16. The maximum Gasteiger partial charge on any atom is 0.161 e. The monoisotopic (exact) mass is 1570 g/mol. The van der Waals surface area contributed by atoms with E-state index in [1.165, 1.54) is 65.4 Å². The minimum absolute atomic E-state index is 0.908. The first-order chi connectivity index (χ1) is 61.1. The highest BCUT2D eigenvalue weighted by molar-refractivity contribution is 6.24. The Morgan fingerprint density at radius 1 is 0.130 bits per heavy atom. The van der Waals surface area contributed by atoms with Crippen molar-refractivity contribution in [2.75, 3.05) is 0 Å². The fraction of sp³-hybridized carbons (Fsp3) is 0. The summed E-state index contributed by atoms with van der Waals surface area (Å²) >= 11 is 0. The molecule has 576 valence electrons. The first-order valence-corrected chi connectivity index (χ1v) is 41.9. The molecule has 0 saturated heterocycles. The summed E-state index contributed by atoms with van der Waals surface area (Å²) in [6.45, 7) is 0. The van der Waals surface area contributed by atoms with Crippen molar-refractivity contribution in [3.05, 3.63) is 437 Å². The van der Waals surface area contributed by atoms with E-state index in [2.05, 4.69) is 464 Å². The van der Waals surface area contributed by atoms with E-state index in [9.17, 15) is 0 Å². The summed E-state index contributed by atoms with van der Waals surface area (Å²) < 4.78 is 34.6. The lowest BCUT2D eigenvalue weighted by atomic mass is 10.00. The van der Waals surface area contributed by atoms with Crippen LogP contribution in [0.2, 0.25) is 0 Å². The number of rotatable bonds is 9. The number of fused-ring (bicyclic) bond motifs is 24. The molecule has 0 aliphatic rings. The molecule has 9 heteroatoms. The summed E-state index contributed by atoms with van der Waals surface area (Å²) in [6.07, 6.45) is 0. The number of aromatic nitrogens is 6. The molecular formula is C114H72N6O3. The molecular weight excluding hydrogens is 1500 g/mol. The summed E-state index contributed by atoms with van der Waals surface area (Å²) in [4.78, 5) is 0. The molecule has 0 saturated carbocycles. The zero-order valence-corrected chi connectivity index (χ0v) is 66.5. The SMILES string of the molecule is c1ccc(-n2c3ccccc3c3cc(-c4cccc5c4oc4c6ccccc6n(-c6ccccc6)c54)ccc32)cc1.c1ccc(-n2c3ccccc3c3ccc(-c4cccc5c4oc4c6ccccc6n(-c6ccccc6)c54)cc32)cc1.c1ccc(-n2c3ccccc3c3cccc(-c4cccc5c4oc4c6ccccc6n(-c6ccccc6)c54)c32)cc1. The van der Waals surface area contributed by atoms with Gasteiger partial charge in [0.25, 0.3) is 0 Å². The van der Waals surface area contributed by atoms with Crippen LogP contribution in [-0.4, -0.2) is 27.4 Å². The Balaban J connectivity index is 0.000000101. The molecule has 123 heavy (non-hydrogen) atoms. The highest BCUT2D eigenvalue weighted by atomic mass is 16.3. The van der Waals surface area contributed by atoms with Crippen molar-refractivity contribution < 1.29 is 13.3 Å². The van der Waals surface area contributed by atoms with Gasteiger partial charge in [-0.25, -0.2) is 0 Å². The number of hydrogen-bond acceptors (Lipinski definition) is 3. The van der Waals surface area contributed by atoms with E-state index in [1.54, 1.807) is 0 Å². The Kier molecular flexibility index (Phi) is 15.8. The van der Waals surface area contributed by atoms with Crippen molar-refractivity contribution >= 4 is 164 Å². The van der Waals surface area contributed by atoms with E-state index in [1.807, 2.05) is 0 Å². The summed E-state index contributed by atoms with van der Waals surface area (Å²) in [6, 6.07) is 155. The second kappa shape index (κ2) is 28.0. The van der Waals surface area contributed by atoms with Gasteiger partial charge in [0, 0.05) is 121 Å². The molecule has 27 aromatic rings. The lowest BCUT2D eigenvalue weighted by molar-refractivity contribution is 0.673. The Morgan fingerprint density at radius 2 is 0.382 bits per heavy atom. The smallest absolute Gasteiger partial charge is 0.161 e. The van der Waals surface area contributed by atoms with Crippen LogP contribution in [0, 0.1) is 0 Å². The van der Waals surface area contributed by atoms with Crippen LogP contribution in [0.3, 0.4) is 0 Å². The molecule has 27 rings (SSSR count). The number of furan rings is 3. The topological polar surface area (TPSA) is 69.0 Å². The number of benzene rings is 18. The third-order valence-electron chi connectivity index (χ3n) is 24.9. The standard InChI is InChI=1S/3C38H24N2O/c1-3-13-25(14-4-1)39-33-23-9-7-17-27(33)28-19-11-20-29(35(28)39)30-21-12-22-32-36-38(41-37(30)32)31-18-8-10-24-34(31)40(36)26-15-5-2-6-16-26;1-3-12-26(13-4-1)39-33-20-9-7-16-29(33)30-23-22-25(24-35(30)39)28-18-11-19-32-36-38(41-37(28)32)31-17-8-10-21-34(31)40(36)27-14-5-2-6-15-27;1-3-12-26(13-4-1)39-33-20-9-7-16-29(33)32-24-25(22-23-35(32)39)28-18-11-19-31-36-38(41-37(28)31)30-17-8-10-21-34(30)40(36)27-14-5-2-6-15-27/h3*1-24H. The lowest BCUT2D eigenvalue weighted by Crippen LogP contribution is -1.95. The summed E-state index contributed by atoms with van der Waals surface area (Å²) in [5, 5.41) is 14.1. The first-order valence-electron chi connectivity index (χ1n) is 41.9. The predicted molar refractivity (Wildman–Crippen MR) is 511 cm³/mol. The summed E-state index contributed by atoms with van der Waals surface area (Å²) in [5.74, 6) is 0. The van der Waals surface area contributed by atoms with E-state index in [0.717, 1.165) is 166 Å². The van der Waals surface area contributed by atoms with E-state index in [0.29, 0.717) is 0 Å². The van der Waals surface area contributed by atoms with Gasteiger partial charge in [-0.05, 0) is 175 Å². The molecule has 0 N–H and O–H groups in total. The molecule has 9 nitrogen and oxygen atoms in total. The Hall–Kier alpha value is -16.6. The Labute approximate surface area is 704 Å². The molecule has 0 bridgehead atoms. The highest BCUT2D eigenvalue weighted by Crippen LogP contribution is 2.49. The van der Waals surface area contributed by atoms with Gasteiger partial charge >= 0.3 is 0 Å². The number of nitrogens with zero attached hydrogens (tertiary/aromatic N) is 6. The first kappa shape index (κ1) is 69.5. The molecule has 9 heterocycles. The zero-order chi connectivity index (χ0) is 80.7. The van der Waals surface area contributed by atoms with Gasteiger partial charge in [0.15, 0.2) is 16.7 Å². The third-order valence-corrected chi connectivity index (χ3v) is 24.9. The largest absolute Gasteiger partial charge is 0.453 e. The van der Waals surface area contributed by atoms with Crippen molar-refractivity contribution in [3.8, 4) is 67.5 Å². The van der Waals surface area contributed by atoms with Crippen molar-refractivity contribution in [3.63, 3.8) is 0 Å². The van der Waals surface area contributed by atoms with Crippen LogP contribution in [0.5, 0.6) is 0 Å². The van der Waals surface area contributed by atoms with Crippen LogP contribution >= 0.6 is 0 Å². The Bertz CT molecular complexity index is 8840. The van der Waals surface area contributed by atoms with Crippen molar-refractivity contribution in [2.45, 2.75) is 0 Å². The molecule has 0 amide bonds. The van der Waals surface area contributed by atoms with E-state index < -0.39 is 0 Å². The molecule has 9 aromatic heterocycles. The van der Waals surface area contributed by atoms with Gasteiger partial charge in [0.2, 0.25) is 0 Å². The maximum absolute atomic E-state index is 6.89. The summed E-state index contributed by atoms with van der Waals surface area (Å²) in [5.41, 5.74) is 33.0. The maximum atomic E-state index is 6.89. The fourth-order valence-corrected chi connectivity index (χ4v) is 19.7.